The van der Waals surface area contributed by atoms with Gasteiger partial charge in [-0.2, -0.15) is 5.10 Å². The zero-order chi connectivity index (χ0) is 27.7. The molecule has 0 fully saturated rings. The highest BCUT2D eigenvalue weighted by Crippen LogP contribution is 2.35. The Hall–Kier alpha value is -3.55. The zero-order valence-corrected chi connectivity index (χ0v) is 23.4. The van der Waals surface area contributed by atoms with Crippen LogP contribution in [0.1, 0.15) is 37.9 Å². The predicted octanol–water partition coefficient (Wildman–Crippen LogP) is 8.31. The number of amides is 2. The van der Waals surface area contributed by atoms with Crippen molar-refractivity contribution in [3.05, 3.63) is 134 Å². The summed E-state index contributed by atoms with van der Waals surface area (Å²) in [5.41, 5.74) is 2.84. The van der Waals surface area contributed by atoms with Gasteiger partial charge in [-0.25, -0.2) is 4.68 Å². The van der Waals surface area contributed by atoms with Gasteiger partial charge in [-0.15, -0.1) is 0 Å². The molecule has 0 aliphatic carbocycles. The largest absolute Gasteiger partial charge is 0.306 e. The fraction of sp³-hybridized carbons (Fsp3) is 0.0690. The average molecular weight is 598 g/mol. The third-order valence-electron chi connectivity index (χ3n) is 6.15. The van der Waals surface area contributed by atoms with Gasteiger partial charge in [0.1, 0.15) is 5.82 Å². The Morgan fingerprint density at radius 1 is 0.821 bits per heavy atom. The number of nitrogens with one attached hydrogen (secondary N) is 1. The number of aromatic nitrogens is 2. The first-order valence-corrected chi connectivity index (χ1v) is 13.3. The fourth-order valence-electron chi connectivity index (χ4n) is 4.28. The summed E-state index contributed by atoms with van der Waals surface area (Å²) < 4.78 is 1.68. The predicted molar refractivity (Wildman–Crippen MR) is 156 cm³/mol. The molecular formula is C29H20Cl4N4O2. The molecule has 2 heterocycles. The van der Waals surface area contributed by atoms with Gasteiger partial charge in [0.2, 0.25) is 0 Å². The van der Waals surface area contributed by atoms with E-state index >= 15 is 0 Å². The first-order valence-electron chi connectivity index (χ1n) is 11.8. The van der Waals surface area contributed by atoms with Crippen molar-refractivity contribution in [2.45, 2.75) is 12.8 Å². The molecule has 0 bridgehead atoms. The topological polar surface area (TPSA) is 67.2 Å². The van der Waals surface area contributed by atoms with Crippen molar-refractivity contribution >= 4 is 64.0 Å². The van der Waals surface area contributed by atoms with Crippen LogP contribution in [0, 0.1) is 6.92 Å². The summed E-state index contributed by atoms with van der Waals surface area (Å²) in [6.45, 7) is 1.87. The van der Waals surface area contributed by atoms with Crippen LogP contribution in [0.25, 0.3) is 5.69 Å². The third kappa shape index (κ3) is 5.60. The van der Waals surface area contributed by atoms with Crippen LogP contribution in [0.15, 0.2) is 91.3 Å². The molecule has 0 spiro atoms. The number of para-hydroxylation sites is 1. The summed E-state index contributed by atoms with van der Waals surface area (Å²) in [6.07, 6.45) is 7.04. The van der Waals surface area contributed by atoms with E-state index in [1.807, 2.05) is 49.4 Å². The third-order valence-corrected chi connectivity index (χ3v) is 7.25. The molecule has 5 rings (SSSR count). The quantitative estimate of drug-likeness (QED) is 0.251. The number of carbonyl (C=O) groups excluding carboxylic acids is 2. The first kappa shape index (κ1) is 27.0. The average Bonchev–Trinajstić information content (AvgIpc) is 3.24. The summed E-state index contributed by atoms with van der Waals surface area (Å²) in [7, 11) is 0. The van der Waals surface area contributed by atoms with Gasteiger partial charge in [0.15, 0.2) is 0 Å². The Morgan fingerprint density at radius 3 is 2.00 bits per heavy atom. The molecule has 0 unspecified atom stereocenters. The number of carbonyl (C=O) groups is 2. The molecule has 0 saturated heterocycles. The number of anilines is 1. The van der Waals surface area contributed by atoms with Crippen LogP contribution in [0.3, 0.4) is 0 Å². The van der Waals surface area contributed by atoms with E-state index in [0.717, 1.165) is 11.3 Å². The molecule has 10 heteroatoms. The lowest BCUT2D eigenvalue weighted by Gasteiger charge is -2.22. The van der Waals surface area contributed by atoms with Gasteiger partial charge in [-0.05, 0) is 55.5 Å². The Morgan fingerprint density at radius 2 is 1.41 bits per heavy atom. The van der Waals surface area contributed by atoms with Crippen molar-refractivity contribution in [1.29, 1.82) is 0 Å². The Kier molecular flexibility index (Phi) is 7.82. The lowest BCUT2D eigenvalue weighted by Crippen LogP contribution is -2.23. The van der Waals surface area contributed by atoms with Crippen molar-refractivity contribution in [3.8, 4) is 5.69 Å². The highest BCUT2D eigenvalue weighted by molar-refractivity contribution is 6.37. The molecule has 0 atom stereocenters. The van der Waals surface area contributed by atoms with Gasteiger partial charge in [0.05, 0.1) is 32.6 Å². The van der Waals surface area contributed by atoms with E-state index in [2.05, 4.69) is 5.32 Å². The van der Waals surface area contributed by atoms with Crippen molar-refractivity contribution in [3.63, 3.8) is 0 Å². The van der Waals surface area contributed by atoms with Crippen molar-refractivity contribution in [1.82, 2.24) is 14.7 Å². The number of allylic oxidation sites excluding steroid dienone is 2. The van der Waals surface area contributed by atoms with E-state index in [1.165, 1.54) is 17.0 Å². The Labute approximate surface area is 245 Å². The second kappa shape index (κ2) is 11.3. The molecule has 6 nitrogen and oxygen atoms in total. The molecular weight excluding hydrogens is 578 g/mol. The van der Waals surface area contributed by atoms with Crippen molar-refractivity contribution in [2.75, 3.05) is 5.32 Å². The highest BCUT2D eigenvalue weighted by atomic mass is 35.5. The number of benzene rings is 3. The van der Waals surface area contributed by atoms with Gasteiger partial charge in [0.25, 0.3) is 11.8 Å². The molecule has 1 N–H and O–H groups in total. The summed E-state index contributed by atoms with van der Waals surface area (Å²) in [5.74, 6) is -0.518. The number of hydrogen-bond acceptors (Lipinski definition) is 3. The molecule has 39 heavy (non-hydrogen) atoms. The highest BCUT2D eigenvalue weighted by Gasteiger charge is 2.26. The zero-order valence-electron chi connectivity index (χ0n) is 20.4. The maximum absolute atomic E-state index is 13.3. The van der Waals surface area contributed by atoms with Crippen LogP contribution in [-0.2, 0) is 0 Å². The van der Waals surface area contributed by atoms with E-state index < -0.39 is 5.91 Å². The minimum absolute atomic E-state index is 0.233. The monoisotopic (exact) mass is 596 g/mol. The Bertz CT molecular complexity index is 1630. The van der Waals surface area contributed by atoms with E-state index in [0.29, 0.717) is 27.1 Å². The first-order chi connectivity index (χ1) is 18.7. The van der Waals surface area contributed by atoms with Gasteiger partial charge < -0.3 is 5.32 Å². The standard InChI is InChI=1S/C29H20Cl4N4O2/c1-17-26(18-11-13-36(14-12-18)29(39)23-10-8-20(31)16-25(23)33)27(37(35-17)21-5-3-2-4-6-21)34-28(38)22-9-7-19(30)15-24(22)32/h2-16,18H,1H3,(H,34,38). The number of nitrogens with zero attached hydrogens (tertiary/aromatic N) is 3. The van der Waals surface area contributed by atoms with Gasteiger partial charge in [0, 0.05) is 33.9 Å². The number of aryl methyl sites for hydroxylation is 1. The van der Waals surface area contributed by atoms with Crippen molar-refractivity contribution in [2.24, 2.45) is 0 Å². The normalized spacial score (nSPS) is 13.1. The number of halogens is 4. The number of rotatable bonds is 5. The van der Waals surface area contributed by atoms with E-state index in [-0.39, 0.29) is 27.4 Å². The molecule has 2 amide bonds. The van der Waals surface area contributed by atoms with Crippen LogP contribution in [-0.4, -0.2) is 26.5 Å². The smallest absolute Gasteiger partial charge is 0.263 e. The van der Waals surface area contributed by atoms with E-state index in [9.17, 15) is 9.59 Å². The number of hydrogen-bond donors (Lipinski definition) is 1. The van der Waals surface area contributed by atoms with E-state index in [1.54, 1.807) is 41.3 Å². The second-order valence-corrected chi connectivity index (χ2v) is 10.4. The van der Waals surface area contributed by atoms with Crippen LogP contribution in [0.2, 0.25) is 20.1 Å². The van der Waals surface area contributed by atoms with Crippen molar-refractivity contribution < 1.29 is 9.59 Å². The van der Waals surface area contributed by atoms with Crippen LogP contribution in [0.4, 0.5) is 5.82 Å². The lowest BCUT2D eigenvalue weighted by molar-refractivity contribution is 0.0867. The second-order valence-electron chi connectivity index (χ2n) is 8.72. The van der Waals surface area contributed by atoms with Gasteiger partial charge in [-0.1, -0.05) is 76.8 Å². The molecule has 1 aromatic heterocycles. The van der Waals surface area contributed by atoms with E-state index in [4.69, 9.17) is 51.5 Å². The molecule has 3 aromatic carbocycles. The molecule has 0 saturated carbocycles. The summed E-state index contributed by atoms with van der Waals surface area (Å²) in [5, 5.41) is 9.11. The van der Waals surface area contributed by atoms with Crippen LogP contribution >= 0.6 is 46.4 Å². The molecule has 4 aromatic rings. The minimum atomic E-state index is -0.409. The SMILES string of the molecule is Cc1nn(-c2ccccc2)c(NC(=O)c2ccc(Cl)cc2Cl)c1C1C=CN(C(=O)c2ccc(Cl)cc2Cl)C=C1. The summed E-state index contributed by atoms with van der Waals surface area (Å²) >= 11 is 24.5. The minimum Gasteiger partial charge on any atom is -0.306 e. The lowest BCUT2D eigenvalue weighted by atomic mass is 9.96. The molecule has 1 aliphatic rings. The van der Waals surface area contributed by atoms with Gasteiger partial charge >= 0.3 is 0 Å². The molecule has 0 radical (unpaired) electrons. The Balaban J connectivity index is 1.50. The maximum atomic E-state index is 13.3. The summed E-state index contributed by atoms with van der Waals surface area (Å²) in [6, 6.07) is 18.9. The fourth-order valence-corrected chi connectivity index (χ4v) is 5.26. The van der Waals surface area contributed by atoms with Gasteiger partial charge in [-0.3, -0.25) is 14.5 Å². The molecule has 1 aliphatic heterocycles. The van der Waals surface area contributed by atoms with Crippen LogP contribution < -0.4 is 5.32 Å². The summed E-state index contributed by atoms with van der Waals surface area (Å²) in [4.78, 5) is 27.8. The maximum Gasteiger partial charge on any atom is 0.263 e. The van der Waals surface area contributed by atoms with Crippen LogP contribution in [0.5, 0.6) is 0 Å². The molecule has 196 valence electrons.